The molecule has 1 N–H and O–H groups in total. The molecule has 0 aliphatic carbocycles. The van der Waals surface area contributed by atoms with Crippen molar-refractivity contribution in [2.45, 2.75) is 38.6 Å². The van der Waals surface area contributed by atoms with Crippen LogP contribution in [0.1, 0.15) is 32.1 Å². The number of amides is 1. The fourth-order valence-corrected chi connectivity index (χ4v) is 4.23. The number of aromatic nitrogens is 2. The van der Waals surface area contributed by atoms with Crippen LogP contribution < -0.4 is 5.32 Å². The quantitative estimate of drug-likeness (QED) is 0.397. The molecule has 0 atom stereocenters. The van der Waals surface area contributed by atoms with Gasteiger partial charge in [0.25, 0.3) is 0 Å². The normalized spacial score (nSPS) is 11.3. The maximum absolute atomic E-state index is 12.0. The summed E-state index contributed by atoms with van der Waals surface area (Å²) in [6.07, 6.45) is 3.57. The van der Waals surface area contributed by atoms with E-state index in [1.165, 1.54) is 16.6 Å². The molecule has 132 valence electrons. The number of thioether (sulfide) groups is 1. The molecule has 1 amide bonds. The molecule has 0 saturated carbocycles. The highest BCUT2D eigenvalue weighted by Crippen LogP contribution is 2.30. The van der Waals surface area contributed by atoms with E-state index in [2.05, 4.69) is 47.0 Å². The zero-order valence-electron chi connectivity index (χ0n) is 14.7. The molecule has 0 aromatic carbocycles. The molecule has 0 saturated heterocycles. The van der Waals surface area contributed by atoms with Crippen LogP contribution in [0.4, 0.5) is 0 Å². The number of aryl methyl sites for hydroxylation is 1. The van der Waals surface area contributed by atoms with E-state index in [-0.39, 0.29) is 5.91 Å². The summed E-state index contributed by atoms with van der Waals surface area (Å²) in [5, 5.41) is 4.96. The Balaban J connectivity index is 1.79. The first kappa shape index (κ1) is 19.1. The molecule has 0 aliphatic rings. The molecule has 0 unspecified atom stereocenters. The third-order valence-electron chi connectivity index (χ3n) is 3.90. The summed E-state index contributed by atoms with van der Waals surface area (Å²) in [6, 6.07) is 2.14. The lowest BCUT2D eigenvalue weighted by Crippen LogP contribution is -2.30. The maximum atomic E-state index is 12.0. The second-order valence-electron chi connectivity index (χ2n) is 5.48. The van der Waals surface area contributed by atoms with Gasteiger partial charge in [-0.05, 0) is 38.5 Å². The van der Waals surface area contributed by atoms with Crippen LogP contribution in [0, 0.1) is 0 Å². The SMILES string of the molecule is CCc1cc2c(SCC(=O)NCCCN(CC)CC)ncnc2s1. The van der Waals surface area contributed by atoms with Crippen molar-refractivity contribution in [2.75, 3.05) is 31.9 Å². The molecule has 7 heteroatoms. The summed E-state index contributed by atoms with van der Waals surface area (Å²) in [5.41, 5.74) is 0. The van der Waals surface area contributed by atoms with Gasteiger partial charge in [0.15, 0.2) is 0 Å². The summed E-state index contributed by atoms with van der Waals surface area (Å²) in [7, 11) is 0. The molecule has 0 radical (unpaired) electrons. The first-order chi connectivity index (χ1) is 11.7. The Bertz CT molecular complexity index is 655. The number of fused-ring (bicyclic) bond motifs is 1. The van der Waals surface area contributed by atoms with E-state index in [0.717, 1.165) is 54.3 Å². The number of thiophene rings is 1. The van der Waals surface area contributed by atoms with Gasteiger partial charge in [0, 0.05) is 16.8 Å². The first-order valence-corrected chi connectivity index (χ1v) is 10.3. The van der Waals surface area contributed by atoms with Gasteiger partial charge >= 0.3 is 0 Å². The van der Waals surface area contributed by atoms with Crippen LogP contribution in [-0.4, -0.2) is 52.7 Å². The largest absolute Gasteiger partial charge is 0.355 e. The van der Waals surface area contributed by atoms with Crippen LogP contribution in [0.2, 0.25) is 0 Å². The van der Waals surface area contributed by atoms with Gasteiger partial charge in [0.2, 0.25) is 5.91 Å². The minimum absolute atomic E-state index is 0.0669. The molecule has 0 bridgehead atoms. The molecule has 2 aromatic rings. The second kappa shape index (κ2) is 9.96. The predicted molar refractivity (Wildman–Crippen MR) is 103 cm³/mol. The Labute approximate surface area is 152 Å². The Hall–Kier alpha value is -1.18. The summed E-state index contributed by atoms with van der Waals surface area (Å²) < 4.78 is 0. The summed E-state index contributed by atoms with van der Waals surface area (Å²) in [6.45, 7) is 10.3. The van der Waals surface area contributed by atoms with Crippen molar-refractivity contribution >= 4 is 39.2 Å². The average Bonchev–Trinajstić information content (AvgIpc) is 3.04. The van der Waals surface area contributed by atoms with E-state index >= 15 is 0 Å². The Morgan fingerprint density at radius 2 is 2.08 bits per heavy atom. The number of hydrogen-bond donors (Lipinski definition) is 1. The van der Waals surface area contributed by atoms with Crippen molar-refractivity contribution in [2.24, 2.45) is 0 Å². The summed E-state index contributed by atoms with van der Waals surface area (Å²) in [5.74, 6) is 0.464. The Morgan fingerprint density at radius 1 is 1.29 bits per heavy atom. The maximum Gasteiger partial charge on any atom is 0.230 e. The zero-order valence-corrected chi connectivity index (χ0v) is 16.3. The highest BCUT2D eigenvalue weighted by molar-refractivity contribution is 8.00. The van der Waals surface area contributed by atoms with E-state index in [9.17, 15) is 4.79 Å². The lowest BCUT2D eigenvalue weighted by Gasteiger charge is -2.17. The van der Waals surface area contributed by atoms with Crippen LogP contribution in [0.3, 0.4) is 0 Å². The third kappa shape index (κ3) is 5.43. The van der Waals surface area contributed by atoms with E-state index in [4.69, 9.17) is 0 Å². The van der Waals surface area contributed by atoms with Crippen molar-refractivity contribution in [1.82, 2.24) is 20.2 Å². The Kier molecular flexibility index (Phi) is 7.94. The van der Waals surface area contributed by atoms with Gasteiger partial charge in [0.1, 0.15) is 16.2 Å². The van der Waals surface area contributed by atoms with Gasteiger partial charge in [-0.25, -0.2) is 9.97 Å². The first-order valence-electron chi connectivity index (χ1n) is 8.53. The number of hydrogen-bond acceptors (Lipinski definition) is 6. The highest BCUT2D eigenvalue weighted by atomic mass is 32.2. The van der Waals surface area contributed by atoms with Gasteiger partial charge in [-0.1, -0.05) is 32.5 Å². The van der Waals surface area contributed by atoms with Crippen molar-refractivity contribution in [3.63, 3.8) is 0 Å². The van der Waals surface area contributed by atoms with Crippen LogP contribution >= 0.6 is 23.1 Å². The van der Waals surface area contributed by atoms with Crippen LogP contribution in [-0.2, 0) is 11.2 Å². The molecule has 0 fully saturated rings. The van der Waals surface area contributed by atoms with Crippen LogP contribution in [0.5, 0.6) is 0 Å². The number of carbonyl (C=O) groups is 1. The highest BCUT2D eigenvalue weighted by Gasteiger charge is 2.10. The summed E-state index contributed by atoms with van der Waals surface area (Å²) in [4.78, 5) is 25.3. The molecule has 0 spiro atoms. The summed E-state index contributed by atoms with van der Waals surface area (Å²) >= 11 is 3.19. The number of carbonyl (C=O) groups excluding carboxylic acids is 1. The predicted octanol–water partition coefficient (Wildman–Crippen LogP) is 3.19. The van der Waals surface area contributed by atoms with Crippen LogP contribution in [0.25, 0.3) is 10.2 Å². The van der Waals surface area contributed by atoms with Crippen molar-refractivity contribution in [1.29, 1.82) is 0 Å². The minimum atomic E-state index is 0.0669. The number of nitrogens with zero attached hydrogens (tertiary/aromatic N) is 3. The van der Waals surface area contributed by atoms with E-state index in [1.807, 2.05) is 0 Å². The van der Waals surface area contributed by atoms with Gasteiger partial charge in [-0.3, -0.25) is 4.79 Å². The average molecular weight is 367 g/mol. The van der Waals surface area contributed by atoms with Crippen molar-refractivity contribution in [3.05, 3.63) is 17.3 Å². The topological polar surface area (TPSA) is 58.1 Å². The van der Waals surface area contributed by atoms with Crippen molar-refractivity contribution < 1.29 is 4.79 Å². The molecule has 5 nitrogen and oxygen atoms in total. The molecule has 24 heavy (non-hydrogen) atoms. The molecule has 2 rings (SSSR count). The fourth-order valence-electron chi connectivity index (χ4n) is 2.43. The van der Waals surface area contributed by atoms with Gasteiger partial charge in [0.05, 0.1) is 5.75 Å². The minimum Gasteiger partial charge on any atom is -0.355 e. The second-order valence-corrected chi connectivity index (χ2v) is 7.56. The smallest absolute Gasteiger partial charge is 0.230 e. The van der Waals surface area contributed by atoms with E-state index in [0.29, 0.717) is 5.75 Å². The van der Waals surface area contributed by atoms with E-state index < -0.39 is 0 Å². The standard InChI is InChI=1S/C17H26N4OS2/c1-4-13-10-14-16(19-12-20-17(14)24-13)23-11-15(22)18-8-7-9-21(5-2)6-3/h10,12H,4-9,11H2,1-3H3,(H,18,22). The lowest BCUT2D eigenvalue weighted by molar-refractivity contribution is -0.118. The van der Waals surface area contributed by atoms with Gasteiger partial charge in [-0.15, -0.1) is 11.3 Å². The lowest BCUT2D eigenvalue weighted by atomic mass is 10.3. The molecular formula is C17H26N4OS2. The number of rotatable bonds is 10. The molecule has 2 aromatic heterocycles. The van der Waals surface area contributed by atoms with Crippen molar-refractivity contribution in [3.8, 4) is 0 Å². The van der Waals surface area contributed by atoms with Gasteiger partial charge < -0.3 is 10.2 Å². The molecular weight excluding hydrogens is 340 g/mol. The van der Waals surface area contributed by atoms with Crippen LogP contribution in [0.15, 0.2) is 17.4 Å². The molecule has 0 aliphatic heterocycles. The third-order valence-corrected chi connectivity index (χ3v) is 6.09. The van der Waals surface area contributed by atoms with E-state index in [1.54, 1.807) is 17.7 Å². The zero-order chi connectivity index (χ0) is 17.4. The monoisotopic (exact) mass is 366 g/mol. The Morgan fingerprint density at radius 3 is 2.79 bits per heavy atom. The van der Waals surface area contributed by atoms with Gasteiger partial charge in [-0.2, -0.15) is 0 Å². The fraction of sp³-hybridized carbons (Fsp3) is 0.588. The molecule has 2 heterocycles. The number of nitrogens with one attached hydrogen (secondary N) is 1.